The zero-order chi connectivity index (χ0) is 15.0. The Morgan fingerprint density at radius 2 is 1.67 bits per heavy atom. The molecule has 0 atom stereocenters. The number of rotatable bonds is 10. The maximum atomic E-state index is 6.36. The van der Waals surface area contributed by atoms with Crippen molar-refractivity contribution in [2.24, 2.45) is 5.92 Å². The van der Waals surface area contributed by atoms with Gasteiger partial charge in [0.05, 0.1) is 13.2 Å². The summed E-state index contributed by atoms with van der Waals surface area (Å²) in [7, 11) is -2.31. The zero-order valence-corrected chi connectivity index (χ0v) is 14.3. The second-order valence-corrected chi connectivity index (χ2v) is 8.92. The van der Waals surface area contributed by atoms with E-state index >= 15 is 0 Å². The first kappa shape index (κ1) is 16.7. The normalized spacial score (nSPS) is 15.9. The standard InChI is InChI=1S/C17H28O3Si/c1-3-11-19-21(20-12-4-2,13-10-16-14-18-15-16)17-8-6-5-7-9-17/h5-9,16H,3-4,10-15H2,1-2H3. The molecule has 1 heterocycles. The lowest BCUT2D eigenvalue weighted by Crippen LogP contribution is -2.54. The summed E-state index contributed by atoms with van der Waals surface area (Å²) < 4.78 is 18.0. The van der Waals surface area contributed by atoms with Crippen molar-refractivity contribution in [3.05, 3.63) is 30.3 Å². The third-order valence-corrected chi connectivity index (χ3v) is 7.38. The molecule has 0 bridgehead atoms. The molecule has 0 N–H and O–H groups in total. The second-order valence-electron chi connectivity index (χ2n) is 5.76. The minimum atomic E-state index is -2.31. The summed E-state index contributed by atoms with van der Waals surface area (Å²) in [4.78, 5) is 0. The first-order valence-corrected chi connectivity index (χ1v) is 10.2. The molecule has 0 radical (unpaired) electrons. The van der Waals surface area contributed by atoms with Crippen molar-refractivity contribution in [3.8, 4) is 0 Å². The van der Waals surface area contributed by atoms with Crippen molar-refractivity contribution < 1.29 is 13.6 Å². The van der Waals surface area contributed by atoms with Gasteiger partial charge in [0, 0.05) is 19.1 Å². The minimum absolute atomic E-state index is 0.691. The highest BCUT2D eigenvalue weighted by atomic mass is 28.4. The molecule has 0 aromatic heterocycles. The molecule has 1 aromatic rings. The van der Waals surface area contributed by atoms with Crippen LogP contribution < -0.4 is 5.19 Å². The maximum Gasteiger partial charge on any atom is 0.372 e. The Balaban J connectivity index is 2.13. The SMILES string of the molecule is CCCO[Si](CCC1COC1)(OCCC)c1ccccc1. The molecular weight excluding hydrogens is 280 g/mol. The zero-order valence-electron chi connectivity index (χ0n) is 13.3. The predicted octanol–water partition coefficient (Wildman–Crippen LogP) is 3.23. The maximum absolute atomic E-state index is 6.36. The van der Waals surface area contributed by atoms with Crippen LogP contribution in [0.15, 0.2) is 30.3 Å². The van der Waals surface area contributed by atoms with E-state index in [1.807, 2.05) is 0 Å². The van der Waals surface area contributed by atoms with Crippen molar-refractivity contribution in [2.75, 3.05) is 26.4 Å². The van der Waals surface area contributed by atoms with E-state index in [-0.39, 0.29) is 0 Å². The molecule has 4 heteroatoms. The average Bonchev–Trinajstić information content (AvgIpc) is 2.49. The van der Waals surface area contributed by atoms with E-state index in [0.717, 1.165) is 51.7 Å². The van der Waals surface area contributed by atoms with Gasteiger partial charge in [0.15, 0.2) is 0 Å². The summed E-state index contributed by atoms with van der Waals surface area (Å²) in [5.41, 5.74) is 0. The highest BCUT2D eigenvalue weighted by Gasteiger charge is 2.40. The minimum Gasteiger partial charge on any atom is -0.391 e. The summed E-state index contributed by atoms with van der Waals surface area (Å²) in [5.74, 6) is 0.691. The van der Waals surface area contributed by atoms with Crippen LogP contribution in [0.5, 0.6) is 0 Å². The van der Waals surface area contributed by atoms with E-state index < -0.39 is 8.56 Å². The Bertz CT molecular complexity index is 384. The highest BCUT2D eigenvalue weighted by Crippen LogP contribution is 2.24. The monoisotopic (exact) mass is 308 g/mol. The smallest absolute Gasteiger partial charge is 0.372 e. The first-order chi connectivity index (χ1) is 10.3. The molecular formula is C17H28O3Si. The largest absolute Gasteiger partial charge is 0.391 e. The Morgan fingerprint density at radius 3 is 2.14 bits per heavy atom. The molecule has 118 valence electrons. The fourth-order valence-electron chi connectivity index (χ4n) is 2.57. The molecule has 1 aromatic carbocycles. The Morgan fingerprint density at radius 1 is 1.05 bits per heavy atom. The quantitative estimate of drug-likeness (QED) is 0.621. The Hall–Kier alpha value is -0.683. The van der Waals surface area contributed by atoms with E-state index in [0.29, 0.717) is 5.92 Å². The summed E-state index contributed by atoms with van der Waals surface area (Å²) in [6, 6.07) is 11.6. The van der Waals surface area contributed by atoms with Gasteiger partial charge in [-0.2, -0.15) is 0 Å². The van der Waals surface area contributed by atoms with E-state index in [1.54, 1.807) is 0 Å². The fourth-order valence-corrected chi connectivity index (χ4v) is 6.12. The van der Waals surface area contributed by atoms with E-state index in [1.165, 1.54) is 5.19 Å². The van der Waals surface area contributed by atoms with Crippen LogP contribution in [0.2, 0.25) is 6.04 Å². The third-order valence-electron chi connectivity index (χ3n) is 3.88. The van der Waals surface area contributed by atoms with Gasteiger partial charge in [-0.05, 0) is 30.5 Å². The summed E-state index contributed by atoms with van der Waals surface area (Å²) in [5, 5.41) is 1.27. The van der Waals surface area contributed by atoms with E-state index in [2.05, 4.69) is 44.2 Å². The molecule has 0 spiro atoms. The Labute approximate surface area is 129 Å². The van der Waals surface area contributed by atoms with Gasteiger partial charge in [-0.15, -0.1) is 0 Å². The van der Waals surface area contributed by atoms with Gasteiger partial charge in [-0.25, -0.2) is 0 Å². The van der Waals surface area contributed by atoms with E-state index in [4.69, 9.17) is 13.6 Å². The van der Waals surface area contributed by atoms with Crippen LogP contribution in [0.4, 0.5) is 0 Å². The van der Waals surface area contributed by atoms with Gasteiger partial charge in [0.25, 0.3) is 0 Å². The lowest BCUT2D eigenvalue weighted by atomic mass is 10.1. The van der Waals surface area contributed by atoms with E-state index in [9.17, 15) is 0 Å². The van der Waals surface area contributed by atoms with Crippen LogP contribution in [-0.2, 0) is 13.6 Å². The topological polar surface area (TPSA) is 27.7 Å². The van der Waals surface area contributed by atoms with Crippen molar-refractivity contribution in [1.82, 2.24) is 0 Å². The summed E-state index contributed by atoms with van der Waals surface area (Å²) >= 11 is 0. The van der Waals surface area contributed by atoms with Crippen molar-refractivity contribution in [1.29, 1.82) is 0 Å². The lowest BCUT2D eigenvalue weighted by molar-refractivity contribution is -0.0342. The predicted molar refractivity (Wildman–Crippen MR) is 88.0 cm³/mol. The first-order valence-electron chi connectivity index (χ1n) is 8.22. The molecule has 21 heavy (non-hydrogen) atoms. The van der Waals surface area contributed by atoms with Gasteiger partial charge in [-0.1, -0.05) is 44.2 Å². The molecule has 0 saturated carbocycles. The van der Waals surface area contributed by atoms with Gasteiger partial charge in [0.1, 0.15) is 0 Å². The Kier molecular flexibility index (Phi) is 6.90. The molecule has 1 aliphatic heterocycles. The van der Waals surface area contributed by atoms with Crippen LogP contribution >= 0.6 is 0 Å². The highest BCUT2D eigenvalue weighted by molar-refractivity contribution is 6.81. The molecule has 0 unspecified atom stereocenters. The molecule has 1 fully saturated rings. The molecule has 0 aliphatic carbocycles. The molecule has 3 nitrogen and oxygen atoms in total. The van der Waals surface area contributed by atoms with Crippen molar-refractivity contribution in [2.45, 2.75) is 39.2 Å². The van der Waals surface area contributed by atoms with Crippen LogP contribution in [0.3, 0.4) is 0 Å². The average molecular weight is 308 g/mol. The van der Waals surface area contributed by atoms with Crippen molar-refractivity contribution >= 4 is 13.7 Å². The fraction of sp³-hybridized carbons (Fsp3) is 0.647. The van der Waals surface area contributed by atoms with Gasteiger partial charge >= 0.3 is 8.56 Å². The molecule has 2 rings (SSSR count). The number of benzene rings is 1. The van der Waals surface area contributed by atoms with Gasteiger partial charge in [0.2, 0.25) is 0 Å². The summed E-state index contributed by atoms with van der Waals surface area (Å²) in [6.45, 7) is 7.69. The lowest BCUT2D eigenvalue weighted by Gasteiger charge is -2.34. The second kappa shape index (κ2) is 8.69. The number of hydrogen-bond acceptors (Lipinski definition) is 3. The van der Waals surface area contributed by atoms with Crippen LogP contribution in [0.1, 0.15) is 33.1 Å². The molecule has 1 aliphatic rings. The summed E-state index contributed by atoms with van der Waals surface area (Å²) in [6.07, 6.45) is 3.21. The third kappa shape index (κ3) is 4.64. The molecule has 0 amide bonds. The van der Waals surface area contributed by atoms with Crippen LogP contribution in [0, 0.1) is 5.92 Å². The number of hydrogen-bond donors (Lipinski definition) is 0. The van der Waals surface area contributed by atoms with Crippen LogP contribution in [-0.4, -0.2) is 35.0 Å². The van der Waals surface area contributed by atoms with Gasteiger partial charge < -0.3 is 13.6 Å². The molecule has 1 saturated heterocycles. The van der Waals surface area contributed by atoms with Crippen LogP contribution in [0.25, 0.3) is 0 Å². The van der Waals surface area contributed by atoms with Gasteiger partial charge in [-0.3, -0.25) is 0 Å². The van der Waals surface area contributed by atoms with Crippen molar-refractivity contribution in [3.63, 3.8) is 0 Å². The number of ether oxygens (including phenoxy) is 1.